The van der Waals surface area contributed by atoms with Crippen molar-refractivity contribution in [1.82, 2.24) is 9.99 Å². The third-order valence-corrected chi connectivity index (χ3v) is 5.41. The summed E-state index contributed by atoms with van der Waals surface area (Å²) in [5.74, 6) is 0.503. The molecule has 0 fully saturated rings. The van der Waals surface area contributed by atoms with Gasteiger partial charge >= 0.3 is 0 Å². The van der Waals surface area contributed by atoms with E-state index in [0.29, 0.717) is 12.2 Å². The molecular weight excluding hydrogens is 398 g/mol. The molecule has 1 N–H and O–H groups in total. The molecule has 32 heavy (non-hydrogen) atoms. The second kappa shape index (κ2) is 9.96. The van der Waals surface area contributed by atoms with E-state index in [0.717, 1.165) is 40.9 Å². The minimum atomic E-state index is -0.256. The highest BCUT2D eigenvalue weighted by atomic mass is 16.5. The van der Waals surface area contributed by atoms with Gasteiger partial charge in [-0.05, 0) is 49.2 Å². The van der Waals surface area contributed by atoms with E-state index in [4.69, 9.17) is 4.74 Å². The van der Waals surface area contributed by atoms with E-state index in [1.54, 1.807) is 30.5 Å². The summed E-state index contributed by atoms with van der Waals surface area (Å²) < 4.78 is 7.84. The van der Waals surface area contributed by atoms with Gasteiger partial charge in [0.05, 0.1) is 12.8 Å². The topological polar surface area (TPSA) is 55.6 Å². The Hall–Kier alpha value is -3.86. The molecule has 0 radical (unpaired) electrons. The number of carbonyl (C=O) groups excluding carboxylic acids is 1. The fourth-order valence-corrected chi connectivity index (χ4v) is 3.73. The van der Waals surface area contributed by atoms with Gasteiger partial charge < -0.3 is 9.30 Å². The summed E-state index contributed by atoms with van der Waals surface area (Å²) in [5, 5.41) is 5.36. The van der Waals surface area contributed by atoms with Crippen molar-refractivity contribution in [2.45, 2.75) is 26.8 Å². The van der Waals surface area contributed by atoms with Crippen LogP contribution >= 0.6 is 0 Å². The fourth-order valence-electron chi connectivity index (χ4n) is 3.73. The largest absolute Gasteiger partial charge is 0.494 e. The van der Waals surface area contributed by atoms with E-state index in [1.165, 1.54) is 5.56 Å². The molecule has 0 spiro atoms. The van der Waals surface area contributed by atoms with Gasteiger partial charge in [-0.15, -0.1) is 0 Å². The molecule has 0 atom stereocenters. The molecule has 0 aliphatic carbocycles. The number of carbonyl (C=O) groups is 1. The van der Waals surface area contributed by atoms with Crippen LogP contribution in [0.4, 0.5) is 0 Å². The van der Waals surface area contributed by atoms with Gasteiger partial charge in [0, 0.05) is 34.3 Å². The molecule has 0 aliphatic heterocycles. The Morgan fingerprint density at radius 2 is 1.72 bits per heavy atom. The van der Waals surface area contributed by atoms with E-state index >= 15 is 0 Å². The van der Waals surface area contributed by atoms with Crippen LogP contribution in [-0.2, 0) is 6.54 Å². The van der Waals surface area contributed by atoms with Gasteiger partial charge in [0.1, 0.15) is 5.75 Å². The number of ether oxygens (including phenoxy) is 1. The van der Waals surface area contributed by atoms with Crippen molar-refractivity contribution >= 4 is 23.0 Å². The number of nitrogens with zero attached hydrogens (tertiary/aromatic N) is 2. The van der Waals surface area contributed by atoms with Crippen LogP contribution in [0.3, 0.4) is 0 Å². The molecule has 5 heteroatoms. The van der Waals surface area contributed by atoms with E-state index in [-0.39, 0.29) is 5.91 Å². The molecule has 0 aliphatic rings. The van der Waals surface area contributed by atoms with Crippen LogP contribution in [0.2, 0.25) is 0 Å². The summed E-state index contributed by atoms with van der Waals surface area (Å²) in [5.41, 5.74) is 7.66. The molecule has 4 rings (SSSR count). The molecule has 1 aromatic heterocycles. The third-order valence-electron chi connectivity index (χ3n) is 5.41. The summed E-state index contributed by atoms with van der Waals surface area (Å²) in [6, 6.07) is 25.7. The van der Waals surface area contributed by atoms with Crippen molar-refractivity contribution in [2.24, 2.45) is 5.10 Å². The van der Waals surface area contributed by atoms with Crippen molar-refractivity contribution in [2.75, 3.05) is 6.61 Å². The number of fused-ring (bicyclic) bond motifs is 1. The zero-order chi connectivity index (χ0) is 22.3. The second-order valence-corrected chi connectivity index (χ2v) is 7.66. The first-order valence-corrected chi connectivity index (χ1v) is 10.9. The maximum absolute atomic E-state index is 12.5. The lowest BCUT2D eigenvalue weighted by Crippen LogP contribution is -2.17. The predicted octanol–water partition coefficient (Wildman–Crippen LogP) is 5.55. The third kappa shape index (κ3) is 4.72. The maximum atomic E-state index is 12.5. The summed E-state index contributed by atoms with van der Waals surface area (Å²) in [7, 11) is 0. The van der Waals surface area contributed by atoms with Crippen molar-refractivity contribution in [3.63, 3.8) is 0 Å². The number of para-hydroxylation sites is 1. The first-order valence-electron chi connectivity index (χ1n) is 10.9. The van der Waals surface area contributed by atoms with Crippen molar-refractivity contribution in [3.05, 3.63) is 101 Å². The average molecular weight is 426 g/mol. The quantitative estimate of drug-likeness (QED) is 0.297. The van der Waals surface area contributed by atoms with Gasteiger partial charge in [-0.3, -0.25) is 4.79 Å². The maximum Gasteiger partial charge on any atom is 0.271 e. The van der Waals surface area contributed by atoms with Gasteiger partial charge in [-0.25, -0.2) is 5.43 Å². The monoisotopic (exact) mass is 425 g/mol. The van der Waals surface area contributed by atoms with Crippen LogP contribution in [0.15, 0.2) is 84.0 Å². The number of amides is 1. The molecule has 5 nitrogen and oxygen atoms in total. The molecule has 1 amide bonds. The SMILES string of the molecule is CCCOc1ccc(C(=O)N/N=C\c2c(C)n(Cc3ccccc3)c3ccccc23)cc1. The lowest BCUT2D eigenvalue weighted by molar-refractivity contribution is 0.0955. The van der Waals surface area contributed by atoms with Crippen molar-refractivity contribution in [1.29, 1.82) is 0 Å². The van der Waals surface area contributed by atoms with Crippen LogP contribution in [0.25, 0.3) is 10.9 Å². The molecule has 0 saturated carbocycles. The van der Waals surface area contributed by atoms with Crippen molar-refractivity contribution in [3.8, 4) is 5.75 Å². The number of benzene rings is 3. The molecule has 0 bridgehead atoms. The van der Waals surface area contributed by atoms with Gasteiger partial charge in [-0.2, -0.15) is 5.10 Å². The van der Waals surface area contributed by atoms with Crippen molar-refractivity contribution < 1.29 is 9.53 Å². The highest BCUT2D eigenvalue weighted by molar-refractivity contribution is 6.02. The normalized spacial score (nSPS) is 11.2. The van der Waals surface area contributed by atoms with Crippen LogP contribution in [0, 0.1) is 6.92 Å². The molecule has 162 valence electrons. The first kappa shape index (κ1) is 21.4. The van der Waals surface area contributed by atoms with E-state index in [2.05, 4.69) is 65.3 Å². The van der Waals surface area contributed by atoms with Crippen LogP contribution in [0.5, 0.6) is 5.75 Å². The Labute approximate surface area is 188 Å². The van der Waals surface area contributed by atoms with Gasteiger partial charge in [-0.1, -0.05) is 55.5 Å². The number of hydrogen-bond donors (Lipinski definition) is 1. The lowest BCUT2D eigenvalue weighted by Gasteiger charge is -2.08. The van der Waals surface area contributed by atoms with Gasteiger partial charge in [0.15, 0.2) is 0 Å². The number of nitrogens with one attached hydrogen (secondary N) is 1. The number of hydrogen-bond acceptors (Lipinski definition) is 3. The molecule has 4 aromatic rings. The smallest absolute Gasteiger partial charge is 0.271 e. The van der Waals surface area contributed by atoms with E-state index < -0.39 is 0 Å². The molecule has 0 unspecified atom stereocenters. The van der Waals surface area contributed by atoms with Crippen LogP contribution in [0.1, 0.15) is 40.5 Å². The van der Waals surface area contributed by atoms with Crippen LogP contribution in [-0.4, -0.2) is 23.3 Å². The highest BCUT2D eigenvalue weighted by Crippen LogP contribution is 2.25. The predicted molar refractivity (Wildman–Crippen MR) is 130 cm³/mol. The molecule has 3 aromatic carbocycles. The summed E-state index contributed by atoms with van der Waals surface area (Å²) in [6.07, 6.45) is 2.67. The standard InChI is InChI=1S/C27H27N3O2/c1-3-17-32-23-15-13-22(14-16-23)27(31)29-28-18-25-20(2)30(19-21-9-5-4-6-10-21)26-12-8-7-11-24(25)26/h4-16,18H,3,17,19H2,1-2H3,(H,29,31)/b28-18-. The minimum Gasteiger partial charge on any atom is -0.494 e. The number of aromatic nitrogens is 1. The Balaban J connectivity index is 1.52. The number of rotatable bonds is 8. The van der Waals surface area contributed by atoms with E-state index in [9.17, 15) is 4.79 Å². The molecule has 1 heterocycles. The molecule has 0 saturated heterocycles. The van der Waals surface area contributed by atoms with Crippen LogP contribution < -0.4 is 10.2 Å². The zero-order valence-electron chi connectivity index (χ0n) is 18.4. The summed E-state index contributed by atoms with van der Waals surface area (Å²) in [4.78, 5) is 12.5. The minimum absolute atomic E-state index is 0.256. The lowest BCUT2D eigenvalue weighted by atomic mass is 10.1. The number of hydrazone groups is 1. The highest BCUT2D eigenvalue weighted by Gasteiger charge is 2.13. The Bertz CT molecular complexity index is 1230. The van der Waals surface area contributed by atoms with E-state index in [1.807, 2.05) is 18.2 Å². The average Bonchev–Trinajstić information content (AvgIpc) is 3.09. The Kier molecular flexibility index (Phi) is 6.66. The zero-order valence-corrected chi connectivity index (χ0v) is 18.4. The second-order valence-electron chi connectivity index (χ2n) is 7.66. The van der Waals surface area contributed by atoms with Gasteiger partial charge in [0.2, 0.25) is 0 Å². The molecular formula is C27H27N3O2. The Morgan fingerprint density at radius 1 is 1.00 bits per heavy atom. The first-order chi connectivity index (χ1) is 15.7. The summed E-state index contributed by atoms with van der Waals surface area (Å²) in [6.45, 7) is 5.58. The van der Waals surface area contributed by atoms with Gasteiger partial charge in [0.25, 0.3) is 5.91 Å². The Morgan fingerprint density at radius 3 is 2.47 bits per heavy atom. The fraction of sp³-hybridized carbons (Fsp3) is 0.185. The summed E-state index contributed by atoms with van der Waals surface area (Å²) >= 11 is 0.